The highest BCUT2D eigenvalue weighted by Gasteiger charge is 2.34. The van der Waals surface area contributed by atoms with Crippen LogP contribution >= 0.6 is 0 Å². The lowest BCUT2D eigenvalue weighted by Gasteiger charge is -2.28. The Balaban J connectivity index is 3.25. The first-order valence-electron chi connectivity index (χ1n) is 7.11. The highest BCUT2D eigenvalue weighted by atomic mass is 19.1. The number of carbonyl (C=O) groups is 2. The Hall–Kier alpha value is -2.31. The van der Waals surface area contributed by atoms with Crippen LogP contribution in [0.1, 0.15) is 41.5 Å². The van der Waals surface area contributed by atoms with E-state index in [9.17, 15) is 14.0 Å². The van der Waals surface area contributed by atoms with Crippen LogP contribution in [0.25, 0.3) is 0 Å². The summed E-state index contributed by atoms with van der Waals surface area (Å²) in [5, 5.41) is 0. The van der Waals surface area contributed by atoms with Gasteiger partial charge in [0.15, 0.2) is 0 Å². The molecule has 0 aliphatic rings. The van der Waals surface area contributed by atoms with Crippen LogP contribution in [0, 0.1) is 5.82 Å². The SMILES string of the molecule is CC(C)(C)OC(=O)N(C(=O)OC(C)(C)C)c1ccc(N)cc1F. The predicted molar refractivity (Wildman–Crippen MR) is 85.8 cm³/mol. The molecule has 2 amide bonds. The summed E-state index contributed by atoms with van der Waals surface area (Å²) in [5.74, 6) is -0.832. The summed E-state index contributed by atoms with van der Waals surface area (Å²) in [7, 11) is 0. The zero-order valence-electron chi connectivity index (χ0n) is 14.3. The molecule has 1 aromatic carbocycles. The van der Waals surface area contributed by atoms with Crippen molar-refractivity contribution < 1.29 is 23.5 Å². The zero-order chi connectivity index (χ0) is 18.0. The first-order valence-corrected chi connectivity index (χ1v) is 7.11. The van der Waals surface area contributed by atoms with E-state index in [1.165, 1.54) is 12.1 Å². The van der Waals surface area contributed by atoms with Gasteiger partial charge < -0.3 is 15.2 Å². The number of nitrogens with two attached hydrogens (primary N) is 1. The third kappa shape index (κ3) is 5.77. The largest absolute Gasteiger partial charge is 0.443 e. The van der Waals surface area contributed by atoms with Crippen LogP contribution in [0.3, 0.4) is 0 Å². The van der Waals surface area contributed by atoms with E-state index in [0.717, 1.165) is 6.07 Å². The molecule has 6 nitrogen and oxygen atoms in total. The van der Waals surface area contributed by atoms with Gasteiger partial charge in [0.2, 0.25) is 0 Å². The quantitative estimate of drug-likeness (QED) is 0.786. The minimum absolute atomic E-state index is 0.166. The fraction of sp³-hybridized carbons (Fsp3) is 0.500. The maximum absolute atomic E-state index is 14.1. The zero-order valence-corrected chi connectivity index (χ0v) is 14.3. The van der Waals surface area contributed by atoms with Gasteiger partial charge in [-0.2, -0.15) is 4.90 Å². The Bertz CT molecular complexity index is 575. The molecule has 0 spiro atoms. The van der Waals surface area contributed by atoms with E-state index >= 15 is 0 Å². The number of halogens is 1. The number of carbonyl (C=O) groups excluding carboxylic acids is 2. The molecule has 0 saturated heterocycles. The van der Waals surface area contributed by atoms with Gasteiger partial charge in [-0.1, -0.05) is 0 Å². The molecule has 0 atom stereocenters. The molecule has 0 unspecified atom stereocenters. The lowest BCUT2D eigenvalue weighted by molar-refractivity contribution is 0.0429. The third-order valence-electron chi connectivity index (χ3n) is 2.36. The Kier molecular flexibility index (Phi) is 5.24. The van der Waals surface area contributed by atoms with Gasteiger partial charge in [-0.3, -0.25) is 0 Å². The number of anilines is 2. The maximum Gasteiger partial charge on any atom is 0.424 e. The molecule has 2 N–H and O–H groups in total. The average Bonchev–Trinajstić information content (AvgIpc) is 2.27. The fourth-order valence-electron chi connectivity index (χ4n) is 1.59. The normalized spacial score (nSPS) is 11.8. The minimum Gasteiger partial charge on any atom is -0.443 e. The number of rotatable bonds is 1. The summed E-state index contributed by atoms with van der Waals surface area (Å²) in [6.07, 6.45) is -2.06. The highest BCUT2D eigenvalue weighted by molar-refractivity contribution is 6.09. The van der Waals surface area contributed by atoms with E-state index < -0.39 is 29.2 Å². The molecule has 7 heteroatoms. The second-order valence-corrected chi connectivity index (χ2v) is 7.01. The smallest absolute Gasteiger partial charge is 0.424 e. The molecular formula is C16H23FN2O4. The lowest BCUT2D eigenvalue weighted by atomic mass is 10.2. The van der Waals surface area contributed by atoms with E-state index in [-0.39, 0.29) is 11.4 Å². The first kappa shape index (κ1) is 18.7. The van der Waals surface area contributed by atoms with Crippen LogP contribution < -0.4 is 10.6 Å². The van der Waals surface area contributed by atoms with Crippen molar-refractivity contribution in [3.63, 3.8) is 0 Å². The Morgan fingerprint density at radius 2 is 1.43 bits per heavy atom. The van der Waals surface area contributed by atoms with Crippen molar-refractivity contribution in [3.05, 3.63) is 24.0 Å². The summed E-state index contributed by atoms with van der Waals surface area (Å²) < 4.78 is 24.5. The van der Waals surface area contributed by atoms with Gasteiger partial charge in [0.1, 0.15) is 17.0 Å². The first-order chi connectivity index (χ1) is 10.3. The molecule has 1 rings (SSSR count). The van der Waals surface area contributed by atoms with Crippen molar-refractivity contribution in [2.24, 2.45) is 0 Å². The molecule has 1 aromatic rings. The van der Waals surface area contributed by atoms with Crippen molar-refractivity contribution in [1.29, 1.82) is 0 Å². The van der Waals surface area contributed by atoms with E-state index in [4.69, 9.17) is 15.2 Å². The second-order valence-electron chi connectivity index (χ2n) is 7.01. The lowest BCUT2D eigenvalue weighted by Crippen LogP contribution is -2.44. The van der Waals surface area contributed by atoms with Gasteiger partial charge in [-0.25, -0.2) is 14.0 Å². The number of imide groups is 1. The van der Waals surface area contributed by atoms with E-state index in [1.54, 1.807) is 41.5 Å². The molecule has 128 valence electrons. The number of benzene rings is 1. The number of nitrogen functional groups attached to an aromatic ring is 1. The molecule has 0 aliphatic carbocycles. The Labute approximate surface area is 135 Å². The topological polar surface area (TPSA) is 81.9 Å². The van der Waals surface area contributed by atoms with E-state index in [1.807, 2.05) is 0 Å². The third-order valence-corrected chi connectivity index (χ3v) is 2.36. The molecule has 0 bridgehead atoms. The van der Waals surface area contributed by atoms with Gasteiger partial charge in [-0.05, 0) is 59.7 Å². The second kappa shape index (κ2) is 6.44. The van der Waals surface area contributed by atoms with Crippen molar-refractivity contribution in [1.82, 2.24) is 0 Å². The van der Waals surface area contributed by atoms with Gasteiger partial charge in [0, 0.05) is 5.69 Å². The summed E-state index contributed by atoms with van der Waals surface area (Å²) in [4.78, 5) is 25.2. The number of hydrogen-bond donors (Lipinski definition) is 1. The minimum atomic E-state index is -1.03. The molecular weight excluding hydrogens is 303 g/mol. The number of hydrogen-bond acceptors (Lipinski definition) is 5. The molecule has 0 radical (unpaired) electrons. The van der Waals surface area contributed by atoms with Gasteiger partial charge >= 0.3 is 12.2 Å². The van der Waals surface area contributed by atoms with Crippen LogP contribution in [-0.4, -0.2) is 23.4 Å². The molecule has 0 fully saturated rings. The highest BCUT2D eigenvalue weighted by Crippen LogP contribution is 2.25. The number of ether oxygens (including phenoxy) is 2. The summed E-state index contributed by atoms with van der Waals surface area (Å²) in [5.41, 5.74) is 3.65. The van der Waals surface area contributed by atoms with Crippen LogP contribution in [0.4, 0.5) is 25.4 Å². The standard InChI is InChI=1S/C16H23FN2O4/c1-15(2,3)22-13(20)19(14(21)23-16(4,5)6)12-8-7-10(18)9-11(12)17/h7-9H,18H2,1-6H3. The molecule has 0 aliphatic heterocycles. The average molecular weight is 326 g/mol. The van der Waals surface area contributed by atoms with Crippen LogP contribution in [0.15, 0.2) is 18.2 Å². The van der Waals surface area contributed by atoms with E-state index in [2.05, 4.69) is 0 Å². The van der Waals surface area contributed by atoms with Crippen LogP contribution in [0.2, 0.25) is 0 Å². The van der Waals surface area contributed by atoms with Crippen molar-refractivity contribution >= 4 is 23.6 Å². The van der Waals surface area contributed by atoms with Crippen molar-refractivity contribution in [3.8, 4) is 0 Å². The fourth-order valence-corrected chi connectivity index (χ4v) is 1.59. The molecule has 0 saturated carbocycles. The Morgan fingerprint density at radius 3 is 1.78 bits per heavy atom. The summed E-state index contributed by atoms with van der Waals surface area (Å²) in [6.45, 7) is 9.82. The summed E-state index contributed by atoms with van der Waals surface area (Å²) >= 11 is 0. The molecule has 0 aromatic heterocycles. The maximum atomic E-state index is 14.1. The molecule has 23 heavy (non-hydrogen) atoms. The van der Waals surface area contributed by atoms with Gasteiger partial charge in [0.25, 0.3) is 0 Å². The van der Waals surface area contributed by atoms with Crippen molar-refractivity contribution in [2.45, 2.75) is 52.7 Å². The molecule has 0 heterocycles. The van der Waals surface area contributed by atoms with Gasteiger partial charge in [0.05, 0.1) is 5.69 Å². The number of amides is 2. The summed E-state index contributed by atoms with van der Waals surface area (Å²) in [6, 6.07) is 3.61. The predicted octanol–water partition coefficient (Wildman–Crippen LogP) is 4.08. The van der Waals surface area contributed by atoms with E-state index in [0.29, 0.717) is 4.90 Å². The van der Waals surface area contributed by atoms with Crippen molar-refractivity contribution in [2.75, 3.05) is 10.6 Å². The van der Waals surface area contributed by atoms with Crippen LogP contribution in [0.5, 0.6) is 0 Å². The van der Waals surface area contributed by atoms with Gasteiger partial charge in [-0.15, -0.1) is 0 Å². The van der Waals surface area contributed by atoms with Crippen LogP contribution in [-0.2, 0) is 9.47 Å². The monoisotopic (exact) mass is 326 g/mol. The Morgan fingerprint density at radius 1 is 1.00 bits per heavy atom. The number of nitrogens with zero attached hydrogens (tertiary/aromatic N) is 1.